The maximum atomic E-state index is 15.0. The van der Waals surface area contributed by atoms with Gasteiger partial charge in [0.2, 0.25) is 27.7 Å². The van der Waals surface area contributed by atoms with Crippen LogP contribution >= 0.6 is 0 Å². The summed E-state index contributed by atoms with van der Waals surface area (Å²) < 4.78 is 75.6. The van der Waals surface area contributed by atoms with E-state index >= 15 is 4.39 Å². The van der Waals surface area contributed by atoms with Crippen molar-refractivity contribution >= 4 is 21.7 Å². The summed E-state index contributed by atoms with van der Waals surface area (Å²) >= 11 is 0. The number of anilines is 2. The van der Waals surface area contributed by atoms with Gasteiger partial charge in [0.15, 0.2) is 11.6 Å². The van der Waals surface area contributed by atoms with E-state index in [1.54, 1.807) is 24.4 Å². The Labute approximate surface area is 228 Å². The molecule has 0 bridgehead atoms. The van der Waals surface area contributed by atoms with Crippen molar-refractivity contribution in [3.8, 4) is 22.9 Å². The highest BCUT2D eigenvalue weighted by Gasteiger charge is 2.22. The average molecular weight is 571 g/mol. The Morgan fingerprint density at radius 2 is 1.80 bits per heavy atom. The molecule has 0 spiro atoms. The van der Waals surface area contributed by atoms with Gasteiger partial charge in [-0.1, -0.05) is 12.1 Å². The van der Waals surface area contributed by atoms with Crippen LogP contribution in [0.3, 0.4) is 0 Å². The van der Waals surface area contributed by atoms with Crippen molar-refractivity contribution < 1.29 is 26.3 Å². The fourth-order valence-corrected chi connectivity index (χ4v) is 5.40. The summed E-state index contributed by atoms with van der Waals surface area (Å²) in [5.41, 5.74) is 0.543. The monoisotopic (exact) mass is 570 g/mol. The van der Waals surface area contributed by atoms with Crippen molar-refractivity contribution in [1.82, 2.24) is 20.3 Å². The quantitative estimate of drug-likeness (QED) is 0.261. The van der Waals surface area contributed by atoms with Crippen LogP contribution in [0.25, 0.3) is 11.3 Å². The van der Waals surface area contributed by atoms with Gasteiger partial charge < -0.3 is 15.4 Å². The third-order valence-electron chi connectivity index (χ3n) is 6.12. The van der Waals surface area contributed by atoms with E-state index in [0.717, 1.165) is 50.2 Å². The molecule has 3 N–H and O–H groups in total. The van der Waals surface area contributed by atoms with Crippen LogP contribution in [-0.4, -0.2) is 42.5 Å². The smallest absolute Gasteiger partial charge is 0.237 e. The van der Waals surface area contributed by atoms with E-state index < -0.39 is 44.7 Å². The van der Waals surface area contributed by atoms with Crippen molar-refractivity contribution in [2.45, 2.75) is 24.6 Å². The summed E-state index contributed by atoms with van der Waals surface area (Å²) in [4.78, 5) is 13.0. The molecule has 4 aromatic rings. The molecule has 1 aliphatic heterocycles. The second kappa shape index (κ2) is 11.9. The topological polar surface area (TPSA) is 118 Å². The lowest BCUT2D eigenvalue weighted by atomic mass is 10.1. The number of piperidine rings is 1. The molecule has 1 saturated heterocycles. The third kappa shape index (κ3) is 6.66. The number of hydrogen-bond acceptors (Lipinski definition) is 8. The van der Waals surface area contributed by atoms with Crippen molar-refractivity contribution in [1.29, 1.82) is 0 Å². The molecule has 1 atom stereocenters. The second-order valence-corrected chi connectivity index (χ2v) is 10.9. The zero-order valence-electron chi connectivity index (χ0n) is 21.1. The molecule has 2 aromatic heterocycles. The van der Waals surface area contributed by atoms with E-state index in [1.807, 2.05) is 4.72 Å². The summed E-state index contributed by atoms with van der Waals surface area (Å²) in [6, 6.07) is 12.1. The third-order valence-corrected chi connectivity index (χ3v) is 7.37. The first-order chi connectivity index (χ1) is 19.3. The molecule has 40 heavy (non-hydrogen) atoms. The summed E-state index contributed by atoms with van der Waals surface area (Å²) in [6.45, 7) is 1.76. The minimum Gasteiger partial charge on any atom is -0.435 e. The molecular weight excluding hydrogens is 545 g/mol. The first kappa shape index (κ1) is 27.3. The predicted molar refractivity (Wildman–Crippen MR) is 144 cm³/mol. The molecule has 9 nitrogen and oxygen atoms in total. The predicted octanol–water partition coefficient (Wildman–Crippen LogP) is 4.85. The summed E-state index contributed by atoms with van der Waals surface area (Å²) in [5.74, 6) is -4.07. The number of nitrogens with zero attached hydrogens (tertiary/aromatic N) is 3. The molecule has 2 aromatic carbocycles. The molecule has 5 rings (SSSR count). The van der Waals surface area contributed by atoms with E-state index in [1.165, 1.54) is 18.3 Å². The molecule has 0 aliphatic carbocycles. The first-order valence-corrected chi connectivity index (χ1v) is 14.1. The molecule has 0 unspecified atom stereocenters. The Bertz CT molecular complexity index is 1600. The summed E-state index contributed by atoms with van der Waals surface area (Å²) in [6.07, 6.45) is 5.02. The van der Waals surface area contributed by atoms with Gasteiger partial charge in [-0.15, -0.1) is 0 Å². The zero-order chi connectivity index (χ0) is 28.1. The van der Waals surface area contributed by atoms with Gasteiger partial charge in [0.25, 0.3) is 0 Å². The van der Waals surface area contributed by atoms with Crippen molar-refractivity contribution in [3.63, 3.8) is 0 Å². The van der Waals surface area contributed by atoms with Gasteiger partial charge in [-0.2, -0.15) is 4.39 Å². The first-order valence-electron chi connectivity index (χ1n) is 12.4. The molecule has 1 fully saturated rings. The van der Waals surface area contributed by atoms with Crippen LogP contribution in [0.2, 0.25) is 0 Å². The van der Waals surface area contributed by atoms with Crippen molar-refractivity contribution in [2.75, 3.05) is 23.1 Å². The van der Waals surface area contributed by atoms with Crippen LogP contribution in [0.1, 0.15) is 18.4 Å². The molecule has 0 radical (unpaired) electrons. The molecular formula is C27H25F3N6O3S. The van der Waals surface area contributed by atoms with Gasteiger partial charge in [0.05, 0.1) is 22.7 Å². The van der Waals surface area contributed by atoms with Gasteiger partial charge >= 0.3 is 0 Å². The average Bonchev–Trinajstić information content (AvgIpc) is 2.95. The van der Waals surface area contributed by atoms with E-state index in [4.69, 9.17) is 4.74 Å². The van der Waals surface area contributed by atoms with Gasteiger partial charge in [0, 0.05) is 25.0 Å². The highest BCUT2D eigenvalue weighted by atomic mass is 32.2. The number of ether oxygens (including phenoxy) is 1. The Hall–Kier alpha value is -4.23. The van der Waals surface area contributed by atoms with Crippen LogP contribution in [0.4, 0.5) is 24.8 Å². The summed E-state index contributed by atoms with van der Waals surface area (Å²) in [7, 11) is -4.13. The lowest BCUT2D eigenvalue weighted by Gasteiger charge is -2.23. The zero-order valence-corrected chi connectivity index (χ0v) is 21.9. The number of nitrogens with one attached hydrogen (secondary N) is 3. The van der Waals surface area contributed by atoms with Crippen LogP contribution in [0, 0.1) is 17.5 Å². The number of aromatic nitrogens is 3. The minimum absolute atomic E-state index is 0.0329. The Kier molecular flexibility index (Phi) is 8.12. The van der Waals surface area contributed by atoms with E-state index in [0.29, 0.717) is 17.2 Å². The molecule has 1 aliphatic rings. The van der Waals surface area contributed by atoms with Crippen molar-refractivity contribution in [3.05, 3.63) is 90.0 Å². The second-order valence-electron chi connectivity index (χ2n) is 9.14. The van der Waals surface area contributed by atoms with Gasteiger partial charge in [0.1, 0.15) is 5.82 Å². The Morgan fingerprint density at radius 1 is 0.975 bits per heavy atom. The Balaban J connectivity index is 1.34. The van der Waals surface area contributed by atoms with Crippen LogP contribution in [0.5, 0.6) is 11.6 Å². The number of hydrogen-bond donors (Lipinski definition) is 3. The van der Waals surface area contributed by atoms with E-state index in [2.05, 4.69) is 25.6 Å². The van der Waals surface area contributed by atoms with E-state index in [-0.39, 0.29) is 17.5 Å². The van der Waals surface area contributed by atoms with Crippen LogP contribution in [-0.2, 0) is 15.8 Å². The highest BCUT2D eigenvalue weighted by Crippen LogP contribution is 2.34. The normalized spacial score (nSPS) is 15.4. The van der Waals surface area contributed by atoms with Gasteiger partial charge in [-0.3, -0.25) is 4.72 Å². The largest absolute Gasteiger partial charge is 0.435 e. The standard InChI is InChI=1S/C27H25F3N6O3S/c28-18-7-5-17(6-8-18)16-40(37,38)36-22-9-10-23(25(30)24(22)29)39-26-20(4-2-13-32-26)21-11-14-33-27(35-21)34-19-3-1-12-31-15-19/h2,4-11,13-14,19,31,36H,1,3,12,15-16H2,(H,33,34,35)/t19-/m0/s1. The summed E-state index contributed by atoms with van der Waals surface area (Å²) in [5, 5.41) is 6.60. The number of halogens is 3. The maximum Gasteiger partial charge on any atom is 0.237 e. The lowest BCUT2D eigenvalue weighted by Crippen LogP contribution is -2.38. The molecule has 3 heterocycles. The SMILES string of the molecule is O=S(=O)(Cc1ccc(F)cc1)Nc1ccc(Oc2ncccc2-c2ccnc(N[C@H]3CCCNC3)n2)c(F)c1F. The van der Waals surface area contributed by atoms with E-state index in [9.17, 15) is 17.2 Å². The molecule has 0 amide bonds. The fraction of sp³-hybridized carbons (Fsp3) is 0.222. The number of pyridine rings is 1. The fourth-order valence-electron chi connectivity index (χ4n) is 4.20. The van der Waals surface area contributed by atoms with Gasteiger partial charge in [-0.25, -0.2) is 32.2 Å². The number of sulfonamides is 1. The lowest BCUT2D eigenvalue weighted by molar-refractivity contribution is 0.407. The highest BCUT2D eigenvalue weighted by molar-refractivity contribution is 7.91. The molecule has 208 valence electrons. The van der Waals surface area contributed by atoms with Crippen LogP contribution in [0.15, 0.2) is 67.0 Å². The van der Waals surface area contributed by atoms with Crippen LogP contribution < -0.4 is 20.1 Å². The number of rotatable bonds is 9. The number of benzene rings is 2. The van der Waals surface area contributed by atoms with Gasteiger partial charge in [-0.05, 0) is 67.4 Å². The molecule has 0 saturated carbocycles. The minimum atomic E-state index is -4.13. The molecule has 13 heteroatoms. The Morgan fingerprint density at radius 3 is 2.58 bits per heavy atom. The van der Waals surface area contributed by atoms with Crippen molar-refractivity contribution in [2.24, 2.45) is 0 Å². The maximum absolute atomic E-state index is 15.0.